The first-order valence-electron chi connectivity index (χ1n) is 5.94. The Labute approximate surface area is 114 Å². The van der Waals surface area contributed by atoms with Gasteiger partial charge in [-0.15, -0.1) is 11.3 Å². The Morgan fingerprint density at radius 2 is 2.41 bits per heavy atom. The van der Waals surface area contributed by atoms with E-state index in [4.69, 9.17) is 0 Å². The molecule has 0 radical (unpaired) electrons. The van der Waals surface area contributed by atoms with Crippen molar-refractivity contribution in [2.45, 2.75) is 38.3 Å². The van der Waals surface area contributed by atoms with Crippen LogP contribution in [0.25, 0.3) is 0 Å². The lowest BCUT2D eigenvalue weighted by Gasteiger charge is -2.20. The Bertz CT molecular complexity index is 394. The fraction of sp³-hybridized carbons (Fsp3) is 0.583. The number of nitrogens with one attached hydrogen (secondary N) is 2. The van der Waals surface area contributed by atoms with E-state index in [1.54, 1.807) is 11.3 Å². The second-order valence-electron chi connectivity index (χ2n) is 4.40. The zero-order valence-electron chi connectivity index (χ0n) is 9.83. The molecule has 0 saturated carbocycles. The number of rotatable bonds is 3. The molecule has 1 amide bonds. The number of thiophene rings is 1. The van der Waals surface area contributed by atoms with E-state index in [1.807, 2.05) is 0 Å². The lowest BCUT2D eigenvalue weighted by molar-refractivity contribution is -0.123. The number of amides is 1. The van der Waals surface area contributed by atoms with Crippen LogP contribution in [0.2, 0.25) is 0 Å². The van der Waals surface area contributed by atoms with Crippen LogP contribution < -0.4 is 10.6 Å². The summed E-state index contributed by atoms with van der Waals surface area (Å²) in [4.78, 5) is 13.1. The Balaban J connectivity index is 1.97. The summed E-state index contributed by atoms with van der Waals surface area (Å²) in [5.41, 5.74) is 0. The van der Waals surface area contributed by atoms with Crippen LogP contribution in [-0.2, 0) is 4.79 Å². The Kier molecular flexibility index (Phi) is 4.59. The van der Waals surface area contributed by atoms with E-state index in [2.05, 4.69) is 44.9 Å². The summed E-state index contributed by atoms with van der Waals surface area (Å²) >= 11 is 5.16. The maximum absolute atomic E-state index is 11.8. The van der Waals surface area contributed by atoms with Crippen molar-refractivity contribution < 1.29 is 4.79 Å². The van der Waals surface area contributed by atoms with Gasteiger partial charge in [0, 0.05) is 27.3 Å². The molecule has 17 heavy (non-hydrogen) atoms. The molecule has 0 aliphatic carbocycles. The molecular formula is C12H17BrN2OS. The smallest absolute Gasteiger partial charge is 0.237 e. The van der Waals surface area contributed by atoms with Crippen molar-refractivity contribution in [2.24, 2.45) is 0 Å². The first kappa shape index (κ1) is 13.1. The maximum Gasteiger partial charge on any atom is 0.237 e. The molecule has 5 heteroatoms. The van der Waals surface area contributed by atoms with Crippen molar-refractivity contribution in [1.29, 1.82) is 0 Å². The number of hydrogen-bond acceptors (Lipinski definition) is 3. The Morgan fingerprint density at radius 3 is 3.12 bits per heavy atom. The first-order valence-corrected chi connectivity index (χ1v) is 7.62. The molecule has 2 atom stereocenters. The normalized spacial score (nSPS) is 22.9. The molecule has 2 N–H and O–H groups in total. The van der Waals surface area contributed by atoms with E-state index in [9.17, 15) is 4.79 Å². The molecule has 1 aliphatic heterocycles. The van der Waals surface area contributed by atoms with E-state index in [0.29, 0.717) is 0 Å². The minimum absolute atomic E-state index is 0.0478. The van der Waals surface area contributed by atoms with Crippen LogP contribution in [0.3, 0.4) is 0 Å². The van der Waals surface area contributed by atoms with Crippen LogP contribution in [0.15, 0.2) is 15.9 Å². The van der Waals surface area contributed by atoms with Crippen LogP contribution in [0, 0.1) is 0 Å². The van der Waals surface area contributed by atoms with Gasteiger partial charge in [-0.2, -0.15) is 0 Å². The molecule has 0 bridgehead atoms. The molecule has 2 rings (SSSR count). The molecule has 2 heterocycles. The van der Waals surface area contributed by atoms with Crippen molar-refractivity contribution in [3.63, 3.8) is 0 Å². The van der Waals surface area contributed by atoms with Gasteiger partial charge in [-0.05, 0) is 48.2 Å². The fourth-order valence-electron chi connectivity index (χ4n) is 2.04. The van der Waals surface area contributed by atoms with Crippen LogP contribution in [0.1, 0.15) is 37.1 Å². The molecule has 0 aromatic carbocycles. The molecule has 1 fully saturated rings. The third kappa shape index (κ3) is 3.53. The largest absolute Gasteiger partial charge is 0.355 e. The third-order valence-corrected chi connectivity index (χ3v) is 4.88. The van der Waals surface area contributed by atoms with E-state index >= 15 is 0 Å². The van der Waals surface area contributed by atoms with Gasteiger partial charge in [0.05, 0.1) is 6.04 Å². The first-order chi connectivity index (χ1) is 8.16. The molecule has 94 valence electrons. The molecular weight excluding hydrogens is 300 g/mol. The van der Waals surface area contributed by atoms with Crippen molar-refractivity contribution in [3.05, 3.63) is 20.8 Å². The number of carbonyl (C=O) groups excluding carboxylic acids is 1. The molecule has 2 unspecified atom stereocenters. The molecule has 0 spiro atoms. The van der Waals surface area contributed by atoms with Gasteiger partial charge >= 0.3 is 0 Å². The molecule has 1 aromatic rings. The second kappa shape index (κ2) is 5.98. The summed E-state index contributed by atoms with van der Waals surface area (Å²) in [7, 11) is 0. The summed E-state index contributed by atoms with van der Waals surface area (Å²) < 4.78 is 1.11. The minimum atomic E-state index is -0.0478. The van der Waals surface area contributed by atoms with E-state index < -0.39 is 0 Å². The van der Waals surface area contributed by atoms with Gasteiger partial charge in [0.15, 0.2) is 0 Å². The highest BCUT2D eigenvalue weighted by atomic mass is 79.9. The summed E-state index contributed by atoms with van der Waals surface area (Å²) in [6, 6.07) is 2.28. The number of halogens is 1. The summed E-state index contributed by atoms with van der Waals surface area (Å²) in [6.07, 6.45) is 3.13. The van der Waals surface area contributed by atoms with Gasteiger partial charge in [-0.25, -0.2) is 0 Å². The van der Waals surface area contributed by atoms with E-state index in [0.717, 1.165) is 30.3 Å². The number of hydrogen-bond donors (Lipinski definition) is 2. The lowest BCUT2D eigenvalue weighted by atomic mass is 10.1. The average Bonchev–Trinajstić information content (AvgIpc) is 2.63. The van der Waals surface area contributed by atoms with Gasteiger partial charge in [0.2, 0.25) is 5.91 Å². The Morgan fingerprint density at radius 1 is 1.59 bits per heavy atom. The maximum atomic E-state index is 11.8. The van der Waals surface area contributed by atoms with Crippen LogP contribution >= 0.6 is 27.3 Å². The van der Waals surface area contributed by atoms with Crippen LogP contribution in [0.5, 0.6) is 0 Å². The predicted octanol–water partition coefficient (Wildman–Crippen LogP) is 2.83. The van der Waals surface area contributed by atoms with E-state index in [1.165, 1.54) is 4.88 Å². The van der Waals surface area contributed by atoms with Crippen LogP contribution in [0.4, 0.5) is 0 Å². The highest BCUT2D eigenvalue weighted by Gasteiger charge is 2.22. The van der Waals surface area contributed by atoms with Gasteiger partial charge in [0.25, 0.3) is 0 Å². The highest BCUT2D eigenvalue weighted by Crippen LogP contribution is 2.26. The molecule has 1 aromatic heterocycles. The average molecular weight is 317 g/mol. The van der Waals surface area contributed by atoms with Gasteiger partial charge in [0.1, 0.15) is 0 Å². The number of carbonyl (C=O) groups is 1. The molecule has 3 nitrogen and oxygen atoms in total. The van der Waals surface area contributed by atoms with Gasteiger partial charge in [-0.1, -0.05) is 0 Å². The highest BCUT2D eigenvalue weighted by molar-refractivity contribution is 9.10. The summed E-state index contributed by atoms with van der Waals surface area (Å²) in [5.74, 6) is 0.143. The van der Waals surface area contributed by atoms with E-state index in [-0.39, 0.29) is 18.0 Å². The minimum Gasteiger partial charge on any atom is -0.355 e. The zero-order valence-corrected chi connectivity index (χ0v) is 12.2. The predicted molar refractivity (Wildman–Crippen MR) is 74.2 cm³/mol. The standard InChI is InChI=1S/C12H17BrN2OS/c1-8(11-6-9(13)7-17-11)15-10-4-2-3-5-14-12(10)16/h6-8,10,15H,2-5H2,1H3,(H,14,16). The SMILES string of the molecule is CC(NC1CCCCNC1=O)c1cc(Br)cs1. The Hall–Kier alpha value is -0.390. The quantitative estimate of drug-likeness (QED) is 0.900. The molecule has 1 saturated heterocycles. The third-order valence-electron chi connectivity index (χ3n) is 3.00. The van der Waals surface area contributed by atoms with Crippen molar-refractivity contribution in [1.82, 2.24) is 10.6 Å². The van der Waals surface area contributed by atoms with Crippen molar-refractivity contribution in [3.8, 4) is 0 Å². The summed E-state index contributed by atoms with van der Waals surface area (Å²) in [6.45, 7) is 2.92. The van der Waals surface area contributed by atoms with Crippen LogP contribution in [-0.4, -0.2) is 18.5 Å². The summed E-state index contributed by atoms with van der Waals surface area (Å²) in [5, 5.41) is 8.44. The lowest BCUT2D eigenvalue weighted by Crippen LogP contribution is -2.43. The van der Waals surface area contributed by atoms with Crippen molar-refractivity contribution in [2.75, 3.05) is 6.54 Å². The zero-order chi connectivity index (χ0) is 12.3. The topological polar surface area (TPSA) is 41.1 Å². The van der Waals surface area contributed by atoms with Gasteiger partial charge < -0.3 is 5.32 Å². The fourth-order valence-corrected chi connectivity index (χ4v) is 3.50. The second-order valence-corrected chi connectivity index (χ2v) is 6.25. The van der Waals surface area contributed by atoms with Crippen molar-refractivity contribution >= 4 is 33.2 Å². The monoisotopic (exact) mass is 316 g/mol. The molecule has 1 aliphatic rings. The van der Waals surface area contributed by atoms with Gasteiger partial charge in [-0.3, -0.25) is 10.1 Å².